The normalized spacial score (nSPS) is 11.6. The van der Waals surface area contributed by atoms with E-state index in [0.717, 1.165) is 6.26 Å². The number of rotatable bonds is 8. The number of ether oxygens (including phenoxy) is 1. The van der Waals surface area contributed by atoms with Gasteiger partial charge >= 0.3 is 5.97 Å². The Labute approximate surface area is 118 Å². The highest BCUT2D eigenvalue weighted by Gasteiger charge is 2.07. The maximum atomic E-state index is 11.3. The number of likely N-dealkylation sites (N-methyl/N-ethyl adjacent to an activating group) is 1. The minimum atomic E-state index is -3.19. The van der Waals surface area contributed by atoms with Gasteiger partial charge in [-0.15, -0.1) is 0 Å². The van der Waals surface area contributed by atoms with Gasteiger partial charge in [0.15, 0.2) is 9.84 Å². The molecule has 1 aromatic carbocycles. The summed E-state index contributed by atoms with van der Waals surface area (Å²) in [7, 11) is -1.45. The fourth-order valence-corrected chi connectivity index (χ4v) is 2.25. The third-order valence-electron chi connectivity index (χ3n) is 2.61. The van der Waals surface area contributed by atoms with Crippen LogP contribution in [0, 0.1) is 0 Å². The van der Waals surface area contributed by atoms with Gasteiger partial charge in [-0.05, 0) is 37.7 Å². The number of aliphatic carboxylic acids is 1. The van der Waals surface area contributed by atoms with Crippen LogP contribution in [-0.2, 0) is 14.6 Å². The first kappa shape index (κ1) is 16.5. The molecular formula is C13H19NO5S. The molecule has 0 aromatic heterocycles. The second-order valence-electron chi connectivity index (χ2n) is 4.58. The fourth-order valence-electron chi connectivity index (χ4n) is 1.62. The number of hydrogen-bond donors (Lipinski definition) is 1. The number of benzene rings is 1. The predicted octanol–water partition coefficient (Wildman–Crippen LogP) is 0.875. The quantitative estimate of drug-likeness (QED) is 0.717. The molecule has 0 aliphatic heterocycles. The second-order valence-corrected chi connectivity index (χ2v) is 6.59. The average molecular weight is 301 g/mol. The molecule has 0 aliphatic rings. The van der Waals surface area contributed by atoms with Gasteiger partial charge in [0.1, 0.15) is 5.75 Å². The van der Waals surface area contributed by atoms with Crippen molar-refractivity contribution in [1.29, 1.82) is 0 Å². The summed E-state index contributed by atoms with van der Waals surface area (Å²) in [6.07, 6.45) is 1.85. The number of nitrogens with zero attached hydrogens (tertiary/aromatic N) is 1. The van der Waals surface area contributed by atoms with Crippen molar-refractivity contribution in [1.82, 2.24) is 4.90 Å². The standard InChI is InChI=1S/C13H19NO5S/c1-14(10-13(15)16)8-3-9-19-11-4-6-12(7-5-11)20(2,17)18/h4-7H,3,8-10H2,1-2H3,(H,15,16). The van der Waals surface area contributed by atoms with Crippen molar-refractivity contribution in [2.75, 3.05) is 33.0 Å². The molecule has 1 N–H and O–H groups in total. The lowest BCUT2D eigenvalue weighted by Gasteiger charge is -2.14. The van der Waals surface area contributed by atoms with Gasteiger partial charge in [0.25, 0.3) is 0 Å². The molecule has 0 radical (unpaired) electrons. The number of carboxylic acids is 1. The fraction of sp³-hybridized carbons (Fsp3) is 0.462. The van der Waals surface area contributed by atoms with E-state index in [-0.39, 0.29) is 11.4 Å². The Bertz CT molecular complexity index is 538. The number of carbonyl (C=O) groups is 1. The van der Waals surface area contributed by atoms with Crippen molar-refractivity contribution in [2.24, 2.45) is 0 Å². The predicted molar refractivity (Wildman–Crippen MR) is 74.8 cm³/mol. The van der Waals surface area contributed by atoms with Crippen LogP contribution in [0.1, 0.15) is 6.42 Å². The zero-order valence-corrected chi connectivity index (χ0v) is 12.4. The van der Waals surface area contributed by atoms with Crippen molar-refractivity contribution in [3.05, 3.63) is 24.3 Å². The molecule has 1 aromatic rings. The Morgan fingerprint density at radius 2 is 1.90 bits per heavy atom. The van der Waals surface area contributed by atoms with Gasteiger partial charge in [-0.1, -0.05) is 0 Å². The van der Waals surface area contributed by atoms with Crippen molar-refractivity contribution in [3.8, 4) is 5.75 Å². The lowest BCUT2D eigenvalue weighted by molar-refractivity contribution is -0.138. The molecule has 0 aliphatic carbocycles. The number of sulfone groups is 1. The summed E-state index contributed by atoms with van der Waals surface area (Å²) in [6.45, 7) is 1.07. The monoisotopic (exact) mass is 301 g/mol. The lowest BCUT2D eigenvalue weighted by Crippen LogP contribution is -2.27. The zero-order chi connectivity index (χ0) is 15.2. The molecule has 0 saturated heterocycles. The van der Waals surface area contributed by atoms with Gasteiger partial charge in [-0.2, -0.15) is 0 Å². The number of hydrogen-bond acceptors (Lipinski definition) is 5. The van der Waals surface area contributed by atoms with E-state index in [2.05, 4.69) is 0 Å². The summed E-state index contributed by atoms with van der Waals surface area (Å²) in [5.41, 5.74) is 0. The molecule has 0 spiro atoms. The zero-order valence-electron chi connectivity index (χ0n) is 11.6. The summed E-state index contributed by atoms with van der Waals surface area (Å²) in [5.74, 6) is -0.261. The molecule has 0 heterocycles. The minimum absolute atomic E-state index is 0.00303. The van der Waals surface area contributed by atoms with Crippen LogP contribution < -0.4 is 4.74 Å². The van der Waals surface area contributed by atoms with Gasteiger partial charge in [0, 0.05) is 12.8 Å². The maximum absolute atomic E-state index is 11.3. The van der Waals surface area contributed by atoms with Gasteiger partial charge in [-0.25, -0.2) is 8.42 Å². The van der Waals surface area contributed by atoms with E-state index < -0.39 is 15.8 Å². The van der Waals surface area contributed by atoms with Gasteiger partial charge in [-0.3, -0.25) is 9.69 Å². The van der Waals surface area contributed by atoms with Gasteiger partial charge in [0.05, 0.1) is 18.0 Å². The largest absolute Gasteiger partial charge is 0.494 e. The summed E-state index contributed by atoms with van der Waals surface area (Å²) in [5, 5.41) is 8.59. The SMILES string of the molecule is CN(CCCOc1ccc(S(C)(=O)=O)cc1)CC(=O)O. The van der Waals surface area contributed by atoms with Crippen molar-refractivity contribution in [3.63, 3.8) is 0 Å². The van der Waals surface area contributed by atoms with E-state index in [1.54, 1.807) is 24.1 Å². The molecule has 0 bridgehead atoms. The molecule has 0 amide bonds. The van der Waals surface area contributed by atoms with Crippen molar-refractivity contribution < 1.29 is 23.1 Å². The Hall–Kier alpha value is -1.60. The first-order chi connectivity index (χ1) is 9.29. The van der Waals surface area contributed by atoms with E-state index in [1.165, 1.54) is 12.1 Å². The van der Waals surface area contributed by atoms with E-state index in [0.29, 0.717) is 25.3 Å². The smallest absolute Gasteiger partial charge is 0.317 e. The Kier molecular flexibility index (Phi) is 5.97. The third-order valence-corrected chi connectivity index (χ3v) is 3.74. The molecule has 0 unspecified atom stereocenters. The van der Waals surface area contributed by atoms with Crippen LogP contribution in [0.25, 0.3) is 0 Å². The van der Waals surface area contributed by atoms with E-state index in [4.69, 9.17) is 9.84 Å². The summed E-state index contributed by atoms with van der Waals surface area (Å²) >= 11 is 0. The van der Waals surface area contributed by atoms with E-state index in [1.807, 2.05) is 0 Å². The molecule has 0 saturated carbocycles. The third kappa shape index (κ3) is 6.03. The topological polar surface area (TPSA) is 83.9 Å². The van der Waals surface area contributed by atoms with Crippen molar-refractivity contribution in [2.45, 2.75) is 11.3 Å². The highest BCUT2D eigenvalue weighted by molar-refractivity contribution is 7.90. The van der Waals surface area contributed by atoms with Crippen LogP contribution >= 0.6 is 0 Å². The first-order valence-corrected chi connectivity index (χ1v) is 8.01. The maximum Gasteiger partial charge on any atom is 0.317 e. The molecule has 6 nitrogen and oxygen atoms in total. The molecule has 0 fully saturated rings. The van der Waals surface area contributed by atoms with Crippen LogP contribution in [0.2, 0.25) is 0 Å². The Morgan fingerprint density at radius 1 is 1.30 bits per heavy atom. The summed E-state index contributed by atoms with van der Waals surface area (Å²) in [4.78, 5) is 12.4. The molecule has 1 rings (SSSR count). The van der Waals surface area contributed by atoms with Crippen LogP contribution in [0.15, 0.2) is 29.2 Å². The molecule has 7 heteroatoms. The van der Waals surface area contributed by atoms with Crippen LogP contribution in [0.4, 0.5) is 0 Å². The highest BCUT2D eigenvalue weighted by atomic mass is 32.2. The number of carboxylic acid groups (broad SMARTS) is 1. The molecule has 0 atom stereocenters. The van der Waals surface area contributed by atoms with Crippen LogP contribution in [0.3, 0.4) is 0 Å². The van der Waals surface area contributed by atoms with E-state index in [9.17, 15) is 13.2 Å². The molecular weight excluding hydrogens is 282 g/mol. The Morgan fingerprint density at radius 3 is 2.40 bits per heavy atom. The second kappa shape index (κ2) is 7.25. The first-order valence-electron chi connectivity index (χ1n) is 6.12. The molecule has 112 valence electrons. The summed E-state index contributed by atoms with van der Waals surface area (Å²) in [6, 6.07) is 6.22. The molecule has 20 heavy (non-hydrogen) atoms. The van der Waals surface area contributed by atoms with Crippen molar-refractivity contribution >= 4 is 15.8 Å². The lowest BCUT2D eigenvalue weighted by atomic mass is 10.3. The average Bonchev–Trinajstić information content (AvgIpc) is 2.33. The van der Waals surface area contributed by atoms with Crippen LogP contribution in [0.5, 0.6) is 5.75 Å². The van der Waals surface area contributed by atoms with Gasteiger partial charge in [0.2, 0.25) is 0 Å². The van der Waals surface area contributed by atoms with Gasteiger partial charge < -0.3 is 9.84 Å². The van der Waals surface area contributed by atoms with E-state index >= 15 is 0 Å². The summed E-state index contributed by atoms with van der Waals surface area (Å²) < 4.78 is 28.0. The highest BCUT2D eigenvalue weighted by Crippen LogP contribution is 2.15. The minimum Gasteiger partial charge on any atom is -0.494 e. The van der Waals surface area contributed by atoms with Crippen LogP contribution in [-0.4, -0.2) is 57.4 Å². The Balaban J connectivity index is 2.34.